The Morgan fingerprint density at radius 1 is 1.11 bits per heavy atom. The van der Waals surface area contributed by atoms with E-state index >= 15 is 4.39 Å². The lowest BCUT2D eigenvalue weighted by atomic mass is 9.89. The first kappa shape index (κ1) is 21.8. The number of halogens is 1. The second-order valence-electron chi connectivity index (χ2n) is 9.59. The third-order valence-corrected chi connectivity index (χ3v) is 7.65. The fourth-order valence-corrected chi connectivity index (χ4v) is 5.60. The van der Waals surface area contributed by atoms with Gasteiger partial charge in [-0.25, -0.2) is 9.18 Å². The predicted molar refractivity (Wildman–Crippen MR) is 131 cm³/mol. The number of carboxylic acid groups (broad SMARTS) is 1. The first-order valence-electron chi connectivity index (χ1n) is 11.8. The van der Waals surface area contributed by atoms with Gasteiger partial charge in [-0.1, -0.05) is 24.3 Å². The summed E-state index contributed by atoms with van der Waals surface area (Å²) in [4.78, 5) is 27.0. The van der Waals surface area contributed by atoms with Gasteiger partial charge < -0.3 is 20.1 Å². The van der Waals surface area contributed by atoms with Crippen molar-refractivity contribution in [2.45, 2.75) is 24.7 Å². The minimum absolute atomic E-state index is 0.149. The summed E-state index contributed by atoms with van der Waals surface area (Å²) >= 11 is 0. The monoisotopic (exact) mass is 472 g/mol. The van der Waals surface area contributed by atoms with Gasteiger partial charge in [0.2, 0.25) is 5.91 Å². The molecule has 1 spiro atoms. The first-order valence-corrected chi connectivity index (χ1v) is 11.8. The molecule has 6 nitrogen and oxygen atoms in total. The van der Waals surface area contributed by atoms with Crippen LogP contribution in [0.15, 0.2) is 54.6 Å². The molecule has 2 fully saturated rings. The molecule has 2 atom stereocenters. The summed E-state index contributed by atoms with van der Waals surface area (Å²) in [6.07, 6.45) is 0.564. The van der Waals surface area contributed by atoms with Gasteiger partial charge in [-0.15, -0.1) is 0 Å². The summed E-state index contributed by atoms with van der Waals surface area (Å²) in [7, 11) is 0. The topological polar surface area (TPSA) is 78.9 Å². The number of ether oxygens (including phenoxy) is 1. The van der Waals surface area contributed by atoms with Gasteiger partial charge in [-0.2, -0.15) is 0 Å². The molecule has 2 aliphatic heterocycles. The zero-order valence-corrected chi connectivity index (χ0v) is 19.3. The van der Waals surface area contributed by atoms with Crippen LogP contribution >= 0.6 is 0 Å². The molecule has 0 bridgehead atoms. The van der Waals surface area contributed by atoms with Gasteiger partial charge in [0, 0.05) is 35.9 Å². The molecule has 3 aromatic carbocycles. The smallest absolute Gasteiger partial charge is 0.335 e. The lowest BCUT2D eigenvalue weighted by Crippen LogP contribution is -2.36. The van der Waals surface area contributed by atoms with Crippen molar-refractivity contribution in [3.63, 3.8) is 0 Å². The zero-order chi connectivity index (χ0) is 24.3. The molecule has 2 unspecified atom stereocenters. The summed E-state index contributed by atoms with van der Waals surface area (Å²) in [6, 6.07) is 16.3. The SMILES string of the molecule is Cc1ccc(C2CC23C(=O)Nc2cc(F)c(-c4ccc(N5CCOCC5)cc4)cc23)cc1C(=O)O. The Kier molecular flexibility index (Phi) is 4.93. The number of rotatable bonds is 4. The number of hydrogen-bond donors (Lipinski definition) is 2. The summed E-state index contributed by atoms with van der Waals surface area (Å²) in [5.74, 6) is -1.68. The van der Waals surface area contributed by atoms with E-state index in [-0.39, 0.29) is 23.2 Å². The normalized spacial score (nSPS) is 22.7. The molecule has 1 amide bonds. The van der Waals surface area contributed by atoms with Gasteiger partial charge >= 0.3 is 5.97 Å². The minimum Gasteiger partial charge on any atom is -0.478 e. The Labute approximate surface area is 202 Å². The van der Waals surface area contributed by atoms with E-state index < -0.39 is 11.4 Å². The summed E-state index contributed by atoms with van der Waals surface area (Å²) in [6.45, 7) is 4.80. The molecule has 0 radical (unpaired) electrons. The van der Waals surface area contributed by atoms with Crippen LogP contribution < -0.4 is 10.2 Å². The molecule has 1 aliphatic carbocycles. The number of carboxylic acids is 1. The minimum atomic E-state index is -0.986. The molecule has 0 aromatic heterocycles. The highest BCUT2D eigenvalue weighted by atomic mass is 19.1. The Morgan fingerprint density at radius 3 is 2.57 bits per heavy atom. The highest BCUT2D eigenvalue weighted by Crippen LogP contribution is 2.65. The fourth-order valence-electron chi connectivity index (χ4n) is 5.60. The third kappa shape index (κ3) is 3.41. The maximum Gasteiger partial charge on any atom is 0.335 e. The number of aromatic carboxylic acids is 1. The Hall–Kier alpha value is -3.71. The van der Waals surface area contributed by atoms with E-state index in [1.54, 1.807) is 25.1 Å². The van der Waals surface area contributed by atoms with E-state index in [0.717, 1.165) is 35.5 Å². The second-order valence-corrected chi connectivity index (χ2v) is 9.59. The van der Waals surface area contributed by atoms with E-state index in [2.05, 4.69) is 10.2 Å². The first-order chi connectivity index (χ1) is 16.9. The average Bonchev–Trinajstić information content (AvgIpc) is 3.55. The molecular weight excluding hydrogens is 447 g/mol. The summed E-state index contributed by atoms with van der Waals surface area (Å²) in [5.41, 5.74) is 4.48. The Morgan fingerprint density at radius 2 is 1.86 bits per heavy atom. The number of nitrogens with one attached hydrogen (secondary N) is 1. The third-order valence-electron chi connectivity index (χ3n) is 7.65. The van der Waals surface area contributed by atoms with Crippen molar-refractivity contribution < 1.29 is 23.8 Å². The van der Waals surface area contributed by atoms with Gasteiger partial charge in [0.1, 0.15) is 5.82 Å². The number of morpholine rings is 1. The zero-order valence-electron chi connectivity index (χ0n) is 19.3. The van der Waals surface area contributed by atoms with Crippen molar-refractivity contribution in [3.8, 4) is 11.1 Å². The fraction of sp³-hybridized carbons (Fsp3) is 0.286. The van der Waals surface area contributed by atoms with Crippen LogP contribution in [-0.4, -0.2) is 43.3 Å². The van der Waals surface area contributed by atoms with Crippen LogP contribution in [0.1, 0.15) is 39.4 Å². The quantitative estimate of drug-likeness (QED) is 0.575. The van der Waals surface area contributed by atoms with Crippen LogP contribution in [0.4, 0.5) is 15.8 Å². The van der Waals surface area contributed by atoms with E-state index in [4.69, 9.17) is 4.74 Å². The molecule has 1 saturated carbocycles. The van der Waals surface area contributed by atoms with Gasteiger partial charge in [0.25, 0.3) is 0 Å². The van der Waals surface area contributed by atoms with Crippen LogP contribution in [0.2, 0.25) is 0 Å². The molecular formula is C28H25FN2O4. The van der Waals surface area contributed by atoms with Crippen molar-refractivity contribution in [3.05, 3.63) is 82.7 Å². The van der Waals surface area contributed by atoms with Crippen molar-refractivity contribution >= 4 is 23.3 Å². The number of benzene rings is 3. The average molecular weight is 473 g/mol. The molecule has 2 heterocycles. The predicted octanol–water partition coefficient (Wildman–Crippen LogP) is 4.71. The number of anilines is 2. The van der Waals surface area contributed by atoms with Crippen molar-refractivity contribution in [1.29, 1.82) is 0 Å². The van der Waals surface area contributed by atoms with Crippen LogP contribution in [-0.2, 0) is 14.9 Å². The van der Waals surface area contributed by atoms with E-state index in [0.29, 0.717) is 36.4 Å². The van der Waals surface area contributed by atoms with E-state index in [9.17, 15) is 14.7 Å². The van der Waals surface area contributed by atoms with Crippen LogP contribution in [0.5, 0.6) is 0 Å². The number of aryl methyl sites for hydroxylation is 1. The molecule has 2 N–H and O–H groups in total. The van der Waals surface area contributed by atoms with Crippen LogP contribution in [0, 0.1) is 12.7 Å². The standard InChI is InChI=1S/C28H25FN2O4/c1-16-2-3-18(12-20(16)26(32)33)23-15-28(23)22-13-21(24(29)14-25(22)30-27(28)34)17-4-6-19(7-5-17)31-8-10-35-11-9-31/h2-7,12-14,23H,8-11,15H2,1H3,(H,30,34)(H,32,33). The Bertz CT molecular complexity index is 1360. The number of nitrogens with zero attached hydrogens (tertiary/aromatic N) is 1. The summed E-state index contributed by atoms with van der Waals surface area (Å²) < 4.78 is 20.6. The van der Waals surface area contributed by atoms with Crippen LogP contribution in [0.3, 0.4) is 0 Å². The van der Waals surface area contributed by atoms with Gasteiger partial charge in [-0.05, 0) is 65.9 Å². The summed E-state index contributed by atoms with van der Waals surface area (Å²) in [5, 5.41) is 12.4. The largest absolute Gasteiger partial charge is 0.478 e. The van der Waals surface area contributed by atoms with E-state index in [1.165, 1.54) is 6.07 Å². The Balaban J connectivity index is 1.35. The number of amides is 1. The maximum atomic E-state index is 15.1. The van der Waals surface area contributed by atoms with Gasteiger partial charge in [-0.3, -0.25) is 4.79 Å². The van der Waals surface area contributed by atoms with Crippen molar-refractivity contribution in [2.24, 2.45) is 0 Å². The molecule has 6 rings (SSSR count). The lowest BCUT2D eigenvalue weighted by molar-refractivity contribution is -0.118. The molecule has 178 valence electrons. The molecule has 3 aliphatic rings. The molecule has 35 heavy (non-hydrogen) atoms. The van der Waals surface area contributed by atoms with E-state index in [1.807, 2.05) is 30.3 Å². The lowest BCUT2D eigenvalue weighted by Gasteiger charge is -2.29. The van der Waals surface area contributed by atoms with Crippen molar-refractivity contribution in [2.75, 3.05) is 36.5 Å². The molecule has 7 heteroatoms. The van der Waals surface area contributed by atoms with Crippen molar-refractivity contribution in [1.82, 2.24) is 0 Å². The number of hydrogen-bond acceptors (Lipinski definition) is 4. The van der Waals surface area contributed by atoms with Crippen LogP contribution in [0.25, 0.3) is 11.1 Å². The second kappa shape index (κ2) is 7.92. The van der Waals surface area contributed by atoms with Gasteiger partial charge in [0.05, 0.1) is 24.2 Å². The number of fused-ring (bicyclic) bond motifs is 2. The number of carbonyl (C=O) groups excluding carboxylic acids is 1. The molecule has 3 aromatic rings. The maximum absolute atomic E-state index is 15.1. The number of carbonyl (C=O) groups is 2. The highest BCUT2D eigenvalue weighted by Gasteiger charge is 2.65. The highest BCUT2D eigenvalue weighted by molar-refractivity contribution is 6.10. The molecule has 1 saturated heterocycles. The van der Waals surface area contributed by atoms with Gasteiger partial charge in [0.15, 0.2) is 0 Å².